The van der Waals surface area contributed by atoms with Gasteiger partial charge in [0.2, 0.25) is 0 Å². The average Bonchev–Trinajstić information content (AvgIpc) is 2.84. The smallest absolute Gasteiger partial charge is 0.410 e. The van der Waals surface area contributed by atoms with Crippen molar-refractivity contribution in [2.75, 3.05) is 5.32 Å². The van der Waals surface area contributed by atoms with Crippen LogP contribution in [-0.4, -0.2) is 34.0 Å². The van der Waals surface area contributed by atoms with Crippen molar-refractivity contribution in [3.8, 4) is 0 Å². The molecule has 0 aliphatic carbocycles. The summed E-state index contributed by atoms with van der Waals surface area (Å²) in [5.41, 5.74) is 2.83. The monoisotopic (exact) mass is 492 g/mol. The summed E-state index contributed by atoms with van der Waals surface area (Å²) >= 11 is 4.34. The molecule has 2 N–H and O–H groups in total. The molecule has 0 bridgehead atoms. The Labute approximate surface area is 210 Å². The van der Waals surface area contributed by atoms with Crippen LogP contribution in [0.25, 0.3) is 0 Å². The molecular formula is C27H28N2O5S. The van der Waals surface area contributed by atoms with Crippen LogP contribution in [0, 0.1) is 0 Å². The predicted molar refractivity (Wildman–Crippen MR) is 137 cm³/mol. The van der Waals surface area contributed by atoms with Crippen molar-refractivity contribution in [2.45, 2.75) is 44.4 Å². The Bertz CT molecular complexity index is 1190. The van der Waals surface area contributed by atoms with Gasteiger partial charge in [0, 0.05) is 16.5 Å². The number of amides is 2. The van der Waals surface area contributed by atoms with Gasteiger partial charge < -0.3 is 15.2 Å². The lowest BCUT2D eigenvalue weighted by Gasteiger charge is -2.32. The number of carbonyl (C=O) groups is 3. The maximum atomic E-state index is 12.9. The predicted octanol–water partition coefficient (Wildman–Crippen LogP) is 6.03. The minimum absolute atomic E-state index is 0.0497. The fourth-order valence-corrected chi connectivity index (χ4v) is 3.84. The van der Waals surface area contributed by atoms with Crippen LogP contribution in [0.15, 0.2) is 77.7 Å². The fraction of sp³-hybridized carbons (Fsp3) is 0.222. The van der Waals surface area contributed by atoms with Crippen LogP contribution in [-0.2, 0) is 11.3 Å². The quantitative estimate of drug-likeness (QED) is 0.334. The van der Waals surface area contributed by atoms with E-state index in [9.17, 15) is 14.4 Å². The molecule has 1 atom stereocenters. The zero-order chi connectivity index (χ0) is 25.5. The summed E-state index contributed by atoms with van der Waals surface area (Å²) in [5, 5.41) is 11.9. The Balaban J connectivity index is 1.62. The molecular weight excluding hydrogens is 464 g/mol. The molecule has 3 aromatic carbocycles. The zero-order valence-electron chi connectivity index (χ0n) is 19.8. The highest BCUT2D eigenvalue weighted by Crippen LogP contribution is 2.25. The lowest BCUT2D eigenvalue weighted by Crippen LogP contribution is -2.39. The first kappa shape index (κ1) is 25.8. The molecule has 0 saturated heterocycles. The lowest BCUT2D eigenvalue weighted by atomic mass is 10.0. The summed E-state index contributed by atoms with van der Waals surface area (Å²) in [6.45, 7) is 5.70. The van der Waals surface area contributed by atoms with Gasteiger partial charge in [-0.15, -0.1) is 12.6 Å². The Morgan fingerprint density at radius 2 is 1.51 bits per heavy atom. The molecule has 3 rings (SSSR count). The third-order valence-electron chi connectivity index (χ3n) is 5.56. The van der Waals surface area contributed by atoms with Crippen molar-refractivity contribution >= 4 is 36.3 Å². The topological polar surface area (TPSA) is 95.9 Å². The van der Waals surface area contributed by atoms with Crippen molar-refractivity contribution in [3.63, 3.8) is 0 Å². The summed E-state index contributed by atoms with van der Waals surface area (Å²) < 4.78 is 5.55. The van der Waals surface area contributed by atoms with Crippen molar-refractivity contribution < 1.29 is 24.2 Å². The summed E-state index contributed by atoms with van der Waals surface area (Å²) in [4.78, 5) is 38.8. The number of benzene rings is 3. The minimum atomic E-state index is -1.00. The maximum Gasteiger partial charge on any atom is 0.410 e. The molecule has 0 fully saturated rings. The summed E-state index contributed by atoms with van der Waals surface area (Å²) in [5.74, 6) is -1.26. The van der Waals surface area contributed by atoms with E-state index in [2.05, 4.69) is 17.9 Å². The molecule has 3 aromatic rings. The van der Waals surface area contributed by atoms with Gasteiger partial charge >= 0.3 is 12.1 Å². The number of aromatic carboxylic acids is 1. The molecule has 0 saturated carbocycles. The number of hydrogen-bond acceptors (Lipinski definition) is 5. The van der Waals surface area contributed by atoms with Crippen LogP contribution < -0.4 is 5.32 Å². The van der Waals surface area contributed by atoms with E-state index < -0.39 is 12.1 Å². The number of nitrogens with one attached hydrogen (secondary N) is 1. The minimum Gasteiger partial charge on any atom is -0.478 e. The van der Waals surface area contributed by atoms with Crippen LogP contribution in [0.5, 0.6) is 0 Å². The molecule has 35 heavy (non-hydrogen) atoms. The Kier molecular flexibility index (Phi) is 8.54. The first-order valence-corrected chi connectivity index (χ1v) is 11.6. The van der Waals surface area contributed by atoms with E-state index in [0.717, 1.165) is 11.1 Å². The maximum absolute atomic E-state index is 12.9. The third kappa shape index (κ3) is 6.64. The van der Waals surface area contributed by atoms with E-state index in [0.29, 0.717) is 16.1 Å². The number of carboxylic acid groups (broad SMARTS) is 1. The van der Waals surface area contributed by atoms with Crippen molar-refractivity contribution in [3.05, 3.63) is 95.1 Å². The van der Waals surface area contributed by atoms with Crippen LogP contribution in [0.3, 0.4) is 0 Å². The van der Waals surface area contributed by atoms with Crippen LogP contribution in [0.1, 0.15) is 58.7 Å². The lowest BCUT2D eigenvalue weighted by molar-refractivity contribution is 0.0685. The van der Waals surface area contributed by atoms with E-state index in [4.69, 9.17) is 9.84 Å². The van der Waals surface area contributed by atoms with Gasteiger partial charge in [-0.25, -0.2) is 9.59 Å². The SMILES string of the molecule is CC(C)N(C(=O)OCc1ccc(C(=O)Nc2ccccc2S)cc1)[C@H](C)c1ccc(C(=O)O)cc1. The first-order valence-electron chi connectivity index (χ1n) is 11.1. The van der Waals surface area contributed by atoms with E-state index in [-0.39, 0.29) is 30.2 Å². The zero-order valence-corrected chi connectivity index (χ0v) is 20.7. The third-order valence-corrected chi connectivity index (χ3v) is 5.95. The highest BCUT2D eigenvalue weighted by atomic mass is 32.1. The van der Waals surface area contributed by atoms with Crippen molar-refractivity contribution in [1.82, 2.24) is 4.90 Å². The fourth-order valence-electron chi connectivity index (χ4n) is 3.63. The second-order valence-corrected chi connectivity index (χ2v) is 8.81. The summed E-state index contributed by atoms with van der Waals surface area (Å²) in [7, 11) is 0. The number of anilines is 1. The van der Waals surface area contributed by atoms with Gasteiger partial charge in [0.15, 0.2) is 0 Å². The van der Waals surface area contributed by atoms with Crippen LogP contribution in [0.2, 0.25) is 0 Å². The molecule has 7 nitrogen and oxygen atoms in total. The molecule has 0 spiro atoms. The van der Waals surface area contributed by atoms with Crippen LogP contribution >= 0.6 is 12.6 Å². The summed E-state index contributed by atoms with van der Waals surface area (Å²) in [6.07, 6.45) is -0.484. The van der Waals surface area contributed by atoms with E-state index in [1.807, 2.05) is 32.9 Å². The number of para-hydroxylation sites is 1. The first-order chi connectivity index (χ1) is 16.7. The number of nitrogens with zero attached hydrogens (tertiary/aromatic N) is 1. The van der Waals surface area contributed by atoms with E-state index in [1.165, 1.54) is 12.1 Å². The van der Waals surface area contributed by atoms with Gasteiger partial charge in [0.1, 0.15) is 6.61 Å². The van der Waals surface area contributed by atoms with E-state index in [1.54, 1.807) is 53.4 Å². The van der Waals surface area contributed by atoms with Gasteiger partial charge in [-0.2, -0.15) is 0 Å². The molecule has 0 heterocycles. The number of thiol groups is 1. The highest BCUT2D eigenvalue weighted by molar-refractivity contribution is 7.80. The summed E-state index contributed by atoms with van der Waals surface area (Å²) in [6, 6.07) is 20.0. The molecule has 0 aliphatic heterocycles. The van der Waals surface area contributed by atoms with Gasteiger partial charge in [-0.05, 0) is 68.3 Å². The average molecular weight is 493 g/mol. The molecule has 0 radical (unpaired) electrons. The second-order valence-electron chi connectivity index (χ2n) is 8.33. The number of carboxylic acids is 1. The normalized spacial score (nSPS) is 11.6. The Hall–Kier alpha value is -3.78. The molecule has 8 heteroatoms. The largest absolute Gasteiger partial charge is 0.478 e. The molecule has 0 aliphatic rings. The van der Waals surface area contributed by atoms with Crippen molar-refractivity contribution in [1.29, 1.82) is 0 Å². The molecule has 2 amide bonds. The Morgan fingerprint density at radius 1 is 0.914 bits per heavy atom. The number of hydrogen-bond donors (Lipinski definition) is 3. The number of ether oxygens (including phenoxy) is 1. The van der Waals surface area contributed by atoms with Gasteiger partial charge in [-0.1, -0.05) is 36.4 Å². The standard InChI is InChI=1S/C27H28N2O5S/c1-17(2)29(18(3)20-12-14-22(15-13-20)26(31)32)27(33)34-16-19-8-10-21(11-9-19)25(30)28-23-6-4-5-7-24(23)35/h4-15,17-18,35H,16H2,1-3H3,(H,28,30)(H,31,32)/t18-/m1/s1. The van der Waals surface area contributed by atoms with E-state index >= 15 is 0 Å². The number of rotatable bonds is 8. The van der Waals surface area contributed by atoms with Gasteiger partial charge in [0.25, 0.3) is 5.91 Å². The number of carbonyl (C=O) groups excluding carboxylic acids is 2. The molecule has 0 unspecified atom stereocenters. The molecule has 0 aromatic heterocycles. The second kappa shape index (κ2) is 11.6. The highest BCUT2D eigenvalue weighted by Gasteiger charge is 2.26. The molecule has 182 valence electrons. The van der Waals surface area contributed by atoms with Crippen LogP contribution in [0.4, 0.5) is 10.5 Å². The Morgan fingerprint density at radius 3 is 2.09 bits per heavy atom. The van der Waals surface area contributed by atoms with Gasteiger partial charge in [-0.3, -0.25) is 9.69 Å². The van der Waals surface area contributed by atoms with Gasteiger partial charge in [0.05, 0.1) is 17.3 Å². The van der Waals surface area contributed by atoms with Crippen molar-refractivity contribution in [2.24, 2.45) is 0 Å².